The lowest BCUT2D eigenvalue weighted by Crippen LogP contribution is -2.08. The third kappa shape index (κ3) is 4.26. The predicted molar refractivity (Wildman–Crippen MR) is 90.4 cm³/mol. The van der Waals surface area contributed by atoms with E-state index in [4.69, 9.17) is 0 Å². The summed E-state index contributed by atoms with van der Waals surface area (Å²) in [6, 6.07) is 18.4. The minimum absolute atomic E-state index is 0.177. The van der Waals surface area contributed by atoms with Crippen LogP contribution in [-0.4, -0.2) is 16.5 Å². The second-order valence-electron chi connectivity index (χ2n) is 5.05. The summed E-state index contributed by atoms with van der Waals surface area (Å²) in [5.74, 6) is 1.23. The topological polar surface area (TPSA) is 49.8 Å². The lowest BCUT2D eigenvalue weighted by atomic mass is 10.1. The molecule has 0 saturated carbocycles. The number of hydrogen-bond donors (Lipinski definition) is 2. The molecule has 2 N–H and O–H groups in total. The van der Waals surface area contributed by atoms with Crippen molar-refractivity contribution in [2.75, 3.05) is 17.2 Å². The molecule has 4 nitrogen and oxygen atoms in total. The molecule has 0 aliphatic heterocycles. The van der Waals surface area contributed by atoms with Crippen molar-refractivity contribution < 1.29 is 4.39 Å². The summed E-state index contributed by atoms with van der Waals surface area (Å²) in [5.41, 5.74) is 1.65. The molecule has 0 atom stereocenters. The molecule has 1 aromatic heterocycles. The van der Waals surface area contributed by atoms with Gasteiger partial charge in [0.2, 0.25) is 0 Å². The van der Waals surface area contributed by atoms with Crippen LogP contribution in [0.2, 0.25) is 0 Å². The van der Waals surface area contributed by atoms with E-state index in [-0.39, 0.29) is 5.82 Å². The Kier molecular flexibility index (Phi) is 4.79. The van der Waals surface area contributed by atoms with Gasteiger partial charge in [-0.3, -0.25) is 0 Å². The summed E-state index contributed by atoms with van der Waals surface area (Å²) < 4.78 is 13.6. The summed E-state index contributed by atoms with van der Waals surface area (Å²) >= 11 is 0. The van der Waals surface area contributed by atoms with E-state index in [1.165, 1.54) is 12.4 Å². The Balaban J connectivity index is 1.58. The van der Waals surface area contributed by atoms with Gasteiger partial charge in [0, 0.05) is 18.3 Å². The highest BCUT2D eigenvalue weighted by atomic mass is 19.1. The Hall–Kier alpha value is -2.95. The maximum absolute atomic E-state index is 13.6. The van der Waals surface area contributed by atoms with Crippen LogP contribution in [0.4, 0.5) is 21.7 Å². The highest BCUT2D eigenvalue weighted by Crippen LogP contribution is 2.15. The van der Waals surface area contributed by atoms with Gasteiger partial charge in [-0.05, 0) is 30.2 Å². The number of anilines is 3. The van der Waals surface area contributed by atoms with E-state index in [0.29, 0.717) is 30.2 Å². The van der Waals surface area contributed by atoms with Crippen LogP contribution in [-0.2, 0) is 6.42 Å². The molecule has 0 radical (unpaired) electrons. The Labute approximate surface area is 134 Å². The number of nitrogens with zero attached hydrogens (tertiary/aromatic N) is 2. The van der Waals surface area contributed by atoms with Crippen LogP contribution >= 0.6 is 0 Å². The van der Waals surface area contributed by atoms with Crippen molar-refractivity contribution in [2.24, 2.45) is 0 Å². The second kappa shape index (κ2) is 7.35. The van der Waals surface area contributed by atoms with Gasteiger partial charge in [-0.1, -0.05) is 36.4 Å². The number of para-hydroxylation sites is 1. The average Bonchev–Trinajstić information content (AvgIpc) is 2.58. The Morgan fingerprint density at radius 3 is 2.43 bits per heavy atom. The SMILES string of the molecule is Fc1ccccc1CCNc1cc(Nc2ccccc2)ncn1. The van der Waals surface area contributed by atoms with Crippen molar-refractivity contribution in [2.45, 2.75) is 6.42 Å². The van der Waals surface area contributed by atoms with Crippen LogP contribution in [0.3, 0.4) is 0 Å². The molecule has 0 bridgehead atoms. The largest absolute Gasteiger partial charge is 0.370 e. The minimum atomic E-state index is -0.177. The first-order valence-corrected chi connectivity index (χ1v) is 7.43. The van der Waals surface area contributed by atoms with Gasteiger partial charge in [0.05, 0.1) is 0 Å². The van der Waals surface area contributed by atoms with Crippen molar-refractivity contribution >= 4 is 17.3 Å². The van der Waals surface area contributed by atoms with E-state index in [0.717, 1.165) is 5.69 Å². The van der Waals surface area contributed by atoms with Gasteiger partial charge in [0.1, 0.15) is 23.8 Å². The lowest BCUT2D eigenvalue weighted by Gasteiger charge is -2.09. The van der Waals surface area contributed by atoms with Gasteiger partial charge in [0.25, 0.3) is 0 Å². The molecule has 3 rings (SSSR count). The number of hydrogen-bond acceptors (Lipinski definition) is 4. The smallest absolute Gasteiger partial charge is 0.135 e. The number of rotatable bonds is 6. The molecule has 116 valence electrons. The molecule has 1 heterocycles. The summed E-state index contributed by atoms with van der Waals surface area (Å²) in [4.78, 5) is 8.37. The third-order valence-electron chi connectivity index (χ3n) is 3.37. The fraction of sp³-hybridized carbons (Fsp3) is 0.111. The maximum atomic E-state index is 13.6. The van der Waals surface area contributed by atoms with Gasteiger partial charge in [-0.2, -0.15) is 0 Å². The Morgan fingerprint density at radius 1 is 0.870 bits per heavy atom. The molecule has 3 aromatic rings. The summed E-state index contributed by atoms with van der Waals surface area (Å²) in [6.07, 6.45) is 2.09. The van der Waals surface area contributed by atoms with Gasteiger partial charge in [0.15, 0.2) is 0 Å². The van der Waals surface area contributed by atoms with Crippen LogP contribution in [0, 0.1) is 5.82 Å². The number of nitrogens with one attached hydrogen (secondary N) is 2. The summed E-state index contributed by atoms with van der Waals surface area (Å²) in [5, 5.41) is 6.40. The van der Waals surface area contributed by atoms with Gasteiger partial charge in [-0.15, -0.1) is 0 Å². The molecule has 0 aliphatic rings. The number of benzene rings is 2. The standard InChI is InChI=1S/C18H17FN4/c19-16-9-5-4-6-14(16)10-11-20-17-12-18(22-13-21-17)23-15-7-2-1-3-8-15/h1-9,12-13H,10-11H2,(H2,20,21,22,23). The average molecular weight is 308 g/mol. The van der Waals surface area contributed by atoms with E-state index < -0.39 is 0 Å². The highest BCUT2D eigenvalue weighted by molar-refractivity contribution is 5.58. The van der Waals surface area contributed by atoms with Crippen LogP contribution in [0.15, 0.2) is 67.0 Å². The molecule has 23 heavy (non-hydrogen) atoms. The monoisotopic (exact) mass is 308 g/mol. The normalized spacial score (nSPS) is 10.3. The second-order valence-corrected chi connectivity index (χ2v) is 5.05. The fourth-order valence-electron chi connectivity index (χ4n) is 2.22. The molecule has 5 heteroatoms. The molecular formula is C18H17FN4. The number of halogens is 1. The Morgan fingerprint density at radius 2 is 1.61 bits per heavy atom. The van der Waals surface area contributed by atoms with Gasteiger partial charge in [-0.25, -0.2) is 14.4 Å². The fourth-order valence-corrected chi connectivity index (χ4v) is 2.22. The first-order chi connectivity index (χ1) is 11.3. The summed E-state index contributed by atoms with van der Waals surface area (Å²) in [7, 11) is 0. The maximum Gasteiger partial charge on any atom is 0.135 e. The van der Waals surface area contributed by atoms with E-state index >= 15 is 0 Å². The zero-order valence-electron chi connectivity index (χ0n) is 12.5. The zero-order valence-corrected chi connectivity index (χ0v) is 12.5. The molecule has 0 amide bonds. The van der Waals surface area contributed by atoms with Crippen LogP contribution < -0.4 is 10.6 Å². The van der Waals surface area contributed by atoms with E-state index in [9.17, 15) is 4.39 Å². The zero-order chi connectivity index (χ0) is 15.9. The van der Waals surface area contributed by atoms with Crippen LogP contribution in [0.5, 0.6) is 0 Å². The van der Waals surface area contributed by atoms with E-state index in [1.54, 1.807) is 12.1 Å². The number of aromatic nitrogens is 2. The molecule has 0 fully saturated rings. The van der Waals surface area contributed by atoms with Crippen molar-refractivity contribution in [3.63, 3.8) is 0 Å². The first-order valence-electron chi connectivity index (χ1n) is 7.43. The third-order valence-corrected chi connectivity index (χ3v) is 3.37. The van der Waals surface area contributed by atoms with Crippen LogP contribution in [0.25, 0.3) is 0 Å². The van der Waals surface area contributed by atoms with Gasteiger partial charge < -0.3 is 10.6 Å². The molecule has 0 unspecified atom stereocenters. The lowest BCUT2D eigenvalue weighted by molar-refractivity contribution is 0.610. The van der Waals surface area contributed by atoms with Gasteiger partial charge >= 0.3 is 0 Å². The molecule has 0 saturated heterocycles. The minimum Gasteiger partial charge on any atom is -0.370 e. The van der Waals surface area contributed by atoms with Crippen LogP contribution in [0.1, 0.15) is 5.56 Å². The van der Waals surface area contributed by atoms with Crippen molar-refractivity contribution in [1.82, 2.24) is 9.97 Å². The first kappa shape index (κ1) is 15.0. The molecule has 2 aromatic carbocycles. The molecule has 0 aliphatic carbocycles. The van der Waals surface area contributed by atoms with E-state index in [2.05, 4.69) is 20.6 Å². The van der Waals surface area contributed by atoms with Crippen molar-refractivity contribution in [3.05, 3.63) is 78.4 Å². The highest BCUT2D eigenvalue weighted by Gasteiger charge is 2.02. The Bertz CT molecular complexity index is 762. The molecule has 0 spiro atoms. The van der Waals surface area contributed by atoms with Crippen molar-refractivity contribution in [3.8, 4) is 0 Å². The van der Waals surface area contributed by atoms with Crippen molar-refractivity contribution in [1.29, 1.82) is 0 Å². The predicted octanol–water partition coefficient (Wildman–Crippen LogP) is 4.01. The quantitative estimate of drug-likeness (QED) is 0.722. The summed E-state index contributed by atoms with van der Waals surface area (Å²) in [6.45, 7) is 0.600. The molecular weight excluding hydrogens is 291 g/mol. The van der Waals surface area contributed by atoms with E-state index in [1.807, 2.05) is 42.5 Å².